The second-order valence-electron chi connectivity index (χ2n) is 37.3. The highest BCUT2D eigenvalue weighted by atomic mass is 35.5. The molecule has 0 atom stereocenters. The Morgan fingerprint density at radius 3 is 0.875 bits per heavy atom. The smallest absolute Gasteiger partial charge is 0.423 e. The van der Waals surface area contributed by atoms with Gasteiger partial charge in [-0.15, -0.1) is 0 Å². The minimum Gasteiger partial charge on any atom is -0.423 e. The van der Waals surface area contributed by atoms with Gasteiger partial charge in [0.15, 0.2) is 34.9 Å². The van der Waals surface area contributed by atoms with Gasteiger partial charge in [-0.1, -0.05) is 321 Å². The van der Waals surface area contributed by atoms with E-state index >= 15 is 0 Å². The van der Waals surface area contributed by atoms with Gasteiger partial charge in [-0.05, 0) is 305 Å². The van der Waals surface area contributed by atoms with E-state index < -0.39 is 7.12 Å². The van der Waals surface area contributed by atoms with E-state index in [0.29, 0.717) is 69.1 Å². The van der Waals surface area contributed by atoms with Crippen LogP contribution in [0.5, 0.6) is 0 Å². The molecule has 616 valence electrons. The Morgan fingerprint density at radius 1 is 0.211 bits per heavy atom. The molecule has 10 aliphatic carbocycles. The standard InChI is InChI=1S/C59H45N3.C31H20ClN3.C28H27BO2/c1-4-12-39(13-5-1)45-23-25-54-53(35-45)52-24-22-46(36-55(52)59(54)50-27-37-26-38(29-50)30-51(59)28-37)48-32-47(44-21-20-40-14-10-11-19-43(40)31-44)33-49(34-48)58-61-56(41-15-6-2-7-16-41)60-57(62-58)42-17-8-3-9-18-42;32-28-19-26(25-16-15-21-9-7-8-14-24(21)17-25)18-27(20-28)31-34-29(22-10-3-1-4-11-22)33-30(35-31)23-12-5-2-6-13-23;30-29(31)23-7-8-24-25-15-20(19-4-2-1-3-5-19)6-9-26(25)28(27(24)16-23)21-11-17-10-18(13-21)14-22(28)12-17/h1-25,31-38,50-51H,26-30H2;1-20H;1-9,15-18,21-22,30-31H,10-14H2. The van der Waals surface area contributed by atoms with Crippen LogP contribution in [0, 0.1) is 47.3 Å². The molecule has 128 heavy (non-hydrogen) atoms. The van der Waals surface area contributed by atoms with Crippen molar-refractivity contribution >= 4 is 45.7 Å². The maximum Gasteiger partial charge on any atom is 0.488 e. The second-order valence-corrected chi connectivity index (χ2v) is 37.7. The SMILES string of the molecule is Clc1cc(-c2ccc3ccccc3c2)cc(-c2nc(-c3ccccc3)nc(-c3ccccc3)n2)c1.OB(O)c1ccc2c(c1)C1(c3ccc(-c4ccccc4)cc3-2)C2CC3CC(C2)CC1C3.c1ccc(-c2ccc3c(c2)-c2ccc(-c4cc(-c5ccc6ccccc6c5)cc(-c5nc(-c6ccccc6)nc(-c6ccccc6)n5)c4)cc2C32C3CC4CC(C3)CC2C4)cc1. The van der Waals surface area contributed by atoms with Crippen LogP contribution in [0.15, 0.2) is 376 Å². The molecule has 2 heterocycles. The van der Waals surface area contributed by atoms with Gasteiger partial charge in [0.1, 0.15) is 0 Å². The number of fused-ring (bicyclic) bond motifs is 8. The normalized spacial score (nSPS) is 21.1. The van der Waals surface area contributed by atoms with Crippen molar-refractivity contribution in [3.05, 3.63) is 403 Å². The zero-order valence-electron chi connectivity index (χ0n) is 71.0. The molecular weight excluding hydrogens is 1580 g/mol. The van der Waals surface area contributed by atoms with Crippen LogP contribution in [0.4, 0.5) is 0 Å². The summed E-state index contributed by atoms with van der Waals surface area (Å²) in [5, 5.41) is 25.4. The molecule has 16 aromatic carbocycles. The van der Waals surface area contributed by atoms with E-state index in [-0.39, 0.29) is 10.8 Å². The van der Waals surface area contributed by atoms with Crippen LogP contribution in [-0.4, -0.2) is 47.1 Å². The molecule has 8 saturated carbocycles. The van der Waals surface area contributed by atoms with E-state index in [4.69, 9.17) is 41.5 Å². The molecule has 10 heteroatoms. The van der Waals surface area contributed by atoms with Crippen LogP contribution >= 0.6 is 11.6 Å². The molecular formula is C118H92BClN6O2. The van der Waals surface area contributed by atoms with Crippen molar-refractivity contribution < 1.29 is 10.0 Å². The Morgan fingerprint density at radius 2 is 0.492 bits per heavy atom. The molecule has 10 aliphatic rings. The first kappa shape index (κ1) is 77.9. The Hall–Kier alpha value is -13.7. The zero-order valence-corrected chi connectivity index (χ0v) is 71.8. The summed E-state index contributed by atoms with van der Waals surface area (Å²) in [4.78, 5) is 30.0. The Bertz CT molecular complexity index is 7170. The average molecular weight is 1670 g/mol. The molecule has 0 radical (unpaired) electrons. The number of benzene rings is 16. The van der Waals surface area contributed by atoms with Gasteiger partial charge in [0.25, 0.3) is 0 Å². The van der Waals surface area contributed by atoms with E-state index in [1.54, 1.807) is 11.1 Å². The number of halogens is 1. The number of aromatic nitrogens is 6. The van der Waals surface area contributed by atoms with Crippen LogP contribution in [0.3, 0.4) is 0 Å². The molecule has 2 N–H and O–H groups in total. The van der Waals surface area contributed by atoms with Gasteiger partial charge in [0.2, 0.25) is 0 Å². The number of hydrogen-bond acceptors (Lipinski definition) is 8. The monoisotopic (exact) mass is 1670 g/mol. The highest BCUT2D eigenvalue weighted by molar-refractivity contribution is 6.58. The molecule has 8 fully saturated rings. The quantitative estimate of drug-likeness (QED) is 0.116. The third-order valence-corrected chi connectivity index (χ3v) is 30.3. The zero-order chi connectivity index (χ0) is 85.1. The summed E-state index contributed by atoms with van der Waals surface area (Å²) in [6, 6.07) is 133. The molecule has 0 amide bonds. The molecule has 0 aliphatic heterocycles. The highest BCUT2D eigenvalue weighted by Crippen LogP contribution is 2.72. The summed E-state index contributed by atoms with van der Waals surface area (Å²) < 4.78 is 0. The molecule has 2 spiro atoms. The van der Waals surface area contributed by atoms with E-state index in [0.717, 1.165) is 73.7 Å². The van der Waals surface area contributed by atoms with Crippen LogP contribution < -0.4 is 5.46 Å². The second kappa shape index (κ2) is 32.0. The van der Waals surface area contributed by atoms with Crippen LogP contribution in [-0.2, 0) is 10.8 Å². The van der Waals surface area contributed by atoms with Crippen molar-refractivity contribution in [3.63, 3.8) is 0 Å². The van der Waals surface area contributed by atoms with Gasteiger partial charge in [-0.2, -0.15) is 0 Å². The molecule has 8 bridgehead atoms. The Balaban J connectivity index is 0.000000117. The van der Waals surface area contributed by atoms with E-state index in [9.17, 15) is 10.0 Å². The minimum atomic E-state index is -1.41. The third-order valence-electron chi connectivity index (χ3n) is 30.1. The molecule has 18 aromatic rings. The lowest BCUT2D eigenvalue weighted by Gasteiger charge is -2.61. The molecule has 2 aromatic heterocycles. The molecule has 28 rings (SSSR count). The fourth-order valence-electron chi connectivity index (χ4n) is 25.0. The average Bonchev–Trinajstić information content (AvgIpc) is 1.50. The van der Waals surface area contributed by atoms with Crippen LogP contribution in [0.2, 0.25) is 5.02 Å². The number of nitrogens with zero attached hydrogens (tertiary/aromatic N) is 6. The molecule has 0 unspecified atom stereocenters. The third kappa shape index (κ3) is 13.7. The molecule has 8 nitrogen and oxygen atoms in total. The first-order valence-electron chi connectivity index (χ1n) is 45.8. The molecule has 0 saturated heterocycles. The minimum absolute atomic E-state index is 0.0471. The number of rotatable bonds is 12. The van der Waals surface area contributed by atoms with Gasteiger partial charge < -0.3 is 10.0 Å². The van der Waals surface area contributed by atoms with Gasteiger partial charge in [-0.3, -0.25) is 0 Å². The predicted molar refractivity (Wildman–Crippen MR) is 522 cm³/mol. The lowest BCUT2D eigenvalue weighted by molar-refractivity contribution is -0.0399. The van der Waals surface area contributed by atoms with Crippen molar-refractivity contribution in [1.29, 1.82) is 0 Å². The fourth-order valence-corrected chi connectivity index (χ4v) is 25.2. The topological polar surface area (TPSA) is 118 Å². The van der Waals surface area contributed by atoms with Crippen molar-refractivity contribution in [2.75, 3.05) is 0 Å². The lowest BCUT2D eigenvalue weighted by atomic mass is 9.43. The Labute approximate surface area is 752 Å². The van der Waals surface area contributed by atoms with Crippen LogP contribution in [0.25, 0.3) is 168 Å². The van der Waals surface area contributed by atoms with Gasteiger partial charge in [-0.25, -0.2) is 29.9 Å². The summed E-state index contributed by atoms with van der Waals surface area (Å²) in [6.45, 7) is 0. The first-order valence-corrected chi connectivity index (χ1v) is 46.1. The predicted octanol–water partition coefficient (Wildman–Crippen LogP) is 27.9. The van der Waals surface area contributed by atoms with Gasteiger partial charge in [0.05, 0.1) is 0 Å². The lowest BCUT2D eigenvalue weighted by Crippen LogP contribution is -2.55. The van der Waals surface area contributed by atoms with Crippen molar-refractivity contribution in [3.8, 4) is 146 Å². The summed E-state index contributed by atoms with van der Waals surface area (Å²) in [7, 11) is -1.41. The van der Waals surface area contributed by atoms with Gasteiger partial charge in [0, 0.05) is 49.2 Å². The Kier molecular flexibility index (Phi) is 19.5. The maximum absolute atomic E-state index is 9.96. The van der Waals surface area contributed by atoms with Crippen molar-refractivity contribution in [2.24, 2.45) is 47.3 Å². The van der Waals surface area contributed by atoms with Crippen molar-refractivity contribution in [1.82, 2.24) is 29.9 Å². The van der Waals surface area contributed by atoms with Crippen molar-refractivity contribution in [2.45, 2.75) is 75.0 Å². The summed E-state index contributed by atoms with van der Waals surface area (Å²) in [6.07, 6.45) is 13.6. The maximum atomic E-state index is 9.96. The highest BCUT2D eigenvalue weighted by Gasteiger charge is 2.63. The largest absolute Gasteiger partial charge is 0.488 e. The van der Waals surface area contributed by atoms with Gasteiger partial charge >= 0.3 is 7.12 Å². The fraction of sp³-hybridized carbons (Fsp3) is 0.169. The van der Waals surface area contributed by atoms with E-state index in [2.05, 4.69) is 261 Å². The summed E-state index contributed by atoms with van der Waals surface area (Å²) in [5.74, 6) is 10.1. The summed E-state index contributed by atoms with van der Waals surface area (Å²) >= 11 is 6.61. The first-order chi connectivity index (χ1) is 63.0. The van der Waals surface area contributed by atoms with E-state index in [1.807, 2.05) is 115 Å². The number of hydrogen-bond donors (Lipinski definition) is 2. The van der Waals surface area contributed by atoms with E-state index in [1.165, 1.54) is 158 Å². The van der Waals surface area contributed by atoms with Crippen LogP contribution in [0.1, 0.15) is 86.5 Å². The summed E-state index contributed by atoms with van der Waals surface area (Å²) in [5.41, 5.74) is 29.8.